The van der Waals surface area contributed by atoms with Gasteiger partial charge in [-0.1, -0.05) is 52.1 Å². The average molecular weight is 509 g/mol. The highest BCUT2D eigenvalue weighted by atomic mass is 32.1. The number of amides is 1. The van der Waals surface area contributed by atoms with Crippen LogP contribution in [0.5, 0.6) is 0 Å². The molecule has 4 aromatic rings. The van der Waals surface area contributed by atoms with Crippen LogP contribution in [0, 0.1) is 25.7 Å². The second-order valence-corrected chi connectivity index (χ2v) is 10.2. The molecule has 1 aliphatic rings. The average Bonchev–Trinajstić information content (AvgIpc) is 3.25. The molecular formula is C24H20N4O5S2. The van der Waals surface area contributed by atoms with E-state index in [2.05, 4.69) is 32.3 Å². The van der Waals surface area contributed by atoms with Gasteiger partial charge < -0.3 is 14.4 Å². The van der Waals surface area contributed by atoms with E-state index in [1.54, 1.807) is 13.8 Å². The number of fused-ring (bicyclic) bond motifs is 1. The lowest BCUT2D eigenvalue weighted by molar-refractivity contribution is -0.140. The van der Waals surface area contributed by atoms with Gasteiger partial charge in [-0.25, -0.2) is 14.8 Å². The molecule has 3 aromatic heterocycles. The van der Waals surface area contributed by atoms with E-state index >= 15 is 0 Å². The van der Waals surface area contributed by atoms with Crippen molar-refractivity contribution >= 4 is 50.1 Å². The van der Waals surface area contributed by atoms with Gasteiger partial charge in [-0.15, -0.1) is 0 Å². The van der Waals surface area contributed by atoms with E-state index < -0.39 is 23.6 Å². The Kier molecular flexibility index (Phi) is 5.78. The Morgan fingerprint density at radius 3 is 2.60 bits per heavy atom. The molecule has 9 nitrogen and oxygen atoms in total. The van der Waals surface area contributed by atoms with E-state index in [9.17, 15) is 14.7 Å². The van der Waals surface area contributed by atoms with Crippen molar-refractivity contribution in [3.05, 3.63) is 56.9 Å². The van der Waals surface area contributed by atoms with Crippen molar-refractivity contribution in [2.24, 2.45) is 0 Å². The summed E-state index contributed by atoms with van der Waals surface area (Å²) in [6, 6.07) is 7.70. The number of aromatic nitrogens is 3. The maximum absolute atomic E-state index is 12.5. The molecule has 11 heteroatoms. The summed E-state index contributed by atoms with van der Waals surface area (Å²) < 4.78 is 10.7. The standard InChI is InChI=1S/C24H20N4O5S2/c1-12-6-4-5-7-15(12)13(2)32-23(31)26-18-14(3)33-28-16(18)8-9-17-25-19-20(34-17)27-21(35-19)24(10-11-24)22(29)30/h4-7,13H,10-11H2,1-3H3,(H,26,31)(H,29,30). The number of carboxylic acids is 1. The molecule has 0 aliphatic heterocycles. The summed E-state index contributed by atoms with van der Waals surface area (Å²) in [5.74, 6) is 5.36. The second kappa shape index (κ2) is 8.79. The minimum absolute atomic E-state index is 0.248. The molecule has 1 aromatic carbocycles. The van der Waals surface area contributed by atoms with Crippen LogP contribution in [-0.2, 0) is 14.9 Å². The van der Waals surface area contributed by atoms with Crippen molar-refractivity contribution in [3.63, 3.8) is 0 Å². The molecule has 5 rings (SSSR count). The molecule has 1 amide bonds. The summed E-state index contributed by atoms with van der Waals surface area (Å²) in [6.07, 6.45) is 0.114. The largest absolute Gasteiger partial charge is 0.481 e. The highest BCUT2D eigenvalue weighted by molar-refractivity contribution is 7.26. The predicted octanol–water partition coefficient (Wildman–Crippen LogP) is 5.18. The number of carbonyl (C=O) groups excluding carboxylic acids is 1. The Hall–Kier alpha value is -3.75. The van der Waals surface area contributed by atoms with Crippen LogP contribution in [0.25, 0.3) is 9.66 Å². The van der Waals surface area contributed by atoms with Crippen LogP contribution in [0.3, 0.4) is 0 Å². The Labute approximate surface area is 208 Å². The molecular weight excluding hydrogens is 488 g/mol. The van der Waals surface area contributed by atoms with E-state index in [0.29, 0.717) is 44.0 Å². The minimum atomic E-state index is -0.846. The number of aliphatic carboxylic acids is 1. The molecule has 0 radical (unpaired) electrons. The van der Waals surface area contributed by atoms with Gasteiger partial charge in [0.05, 0.1) is 0 Å². The van der Waals surface area contributed by atoms with Crippen LogP contribution in [-0.4, -0.2) is 32.3 Å². The first-order chi connectivity index (χ1) is 16.8. The Morgan fingerprint density at radius 2 is 1.91 bits per heavy atom. The zero-order valence-corrected chi connectivity index (χ0v) is 20.7. The van der Waals surface area contributed by atoms with Crippen molar-refractivity contribution in [1.29, 1.82) is 0 Å². The minimum Gasteiger partial charge on any atom is -0.481 e. The highest BCUT2D eigenvalue weighted by Crippen LogP contribution is 2.50. The lowest BCUT2D eigenvalue weighted by Crippen LogP contribution is -2.18. The molecule has 35 heavy (non-hydrogen) atoms. The van der Waals surface area contributed by atoms with E-state index in [-0.39, 0.29) is 5.69 Å². The van der Waals surface area contributed by atoms with Crippen LogP contribution in [0.1, 0.15) is 58.5 Å². The summed E-state index contributed by atoms with van der Waals surface area (Å²) in [5.41, 5.74) is 1.68. The summed E-state index contributed by atoms with van der Waals surface area (Å²) in [7, 11) is 0. The third-order valence-electron chi connectivity index (χ3n) is 5.83. The molecule has 1 fully saturated rings. The van der Waals surface area contributed by atoms with Crippen LogP contribution in [0.4, 0.5) is 10.5 Å². The molecule has 0 saturated heterocycles. The van der Waals surface area contributed by atoms with Crippen molar-refractivity contribution in [3.8, 4) is 11.8 Å². The monoisotopic (exact) mass is 508 g/mol. The molecule has 1 atom stereocenters. The SMILES string of the molecule is Cc1ccccc1C(C)OC(=O)Nc1c(C#Cc2nc3sc(C4(C(=O)O)CC4)nc3s2)noc1C. The van der Waals surface area contributed by atoms with Gasteiger partial charge in [0.1, 0.15) is 22.2 Å². The zero-order valence-electron chi connectivity index (χ0n) is 19.0. The number of carboxylic acid groups (broad SMARTS) is 1. The summed E-state index contributed by atoms with van der Waals surface area (Å²) in [6.45, 7) is 5.43. The van der Waals surface area contributed by atoms with Gasteiger partial charge in [0.25, 0.3) is 0 Å². The number of ether oxygens (including phenoxy) is 1. The maximum atomic E-state index is 12.5. The van der Waals surface area contributed by atoms with Gasteiger partial charge in [-0.05, 0) is 56.6 Å². The number of thiazole rings is 2. The third kappa shape index (κ3) is 4.38. The molecule has 1 unspecified atom stereocenters. The van der Waals surface area contributed by atoms with Gasteiger partial charge in [0.15, 0.2) is 26.1 Å². The molecule has 0 bridgehead atoms. The van der Waals surface area contributed by atoms with E-state index in [0.717, 1.165) is 11.1 Å². The fraction of sp³-hybridized carbons (Fsp3) is 0.292. The summed E-state index contributed by atoms with van der Waals surface area (Å²) in [5, 5.41) is 17.2. The van der Waals surface area contributed by atoms with Crippen molar-refractivity contribution in [2.45, 2.75) is 45.1 Å². The molecule has 178 valence electrons. The van der Waals surface area contributed by atoms with Crippen LogP contribution in [0.2, 0.25) is 0 Å². The molecule has 1 saturated carbocycles. The molecule has 0 spiro atoms. The number of rotatable bonds is 5. The van der Waals surface area contributed by atoms with Gasteiger partial charge >= 0.3 is 12.1 Å². The zero-order chi connectivity index (χ0) is 24.7. The summed E-state index contributed by atoms with van der Waals surface area (Å²) in [4.78, 5) is 34.3. The summed E-state index contributed by atoms with van der Waals surface area (Å²) >= 11 is 2.57. The number of nitrogens with zero attached hydrogens (tertiary/aromatic N) is 3. The molecule has 2 N–H and O–H groups in total. The predicted molar refractivity (Wildman–Crippen MR) is 131 cm³/mol. The lowest BCUT2D eigenvalue weighted by atomic mass is 10.1. The van der Waals surface area contributed by atoms with Gasteiger partial charge in [0.2, 0.25) is 0 Å². The highest BCUT2D eigenvalue weighted by Gasteiger charge is 2.54. The van der Waals surface area contributed by atoms with Crippen LogP contribution < -0.4 is 5.32 Å². The van der Waals surface area contributed by atoms with Crippen molar-refractivity contribution in [2.75, 3.05) is 5.32 Å². The topological polar surface area (TPSA) is 127 Å². The quantitative estimate of drug-likeness (QED) is 0.353. The van der Waals surface area contributed by atoms with Gasteiger partial charge in [-0.2, -0.15) is 0 Å². The number of hydrogen-bond acceptors (Lipinski definition) is 9. The van der Waals surface area contributed by atoms with E-state index in [1.165, 1.54) is 22.7 Å². The molecule has 1 aliphatic carbocycles. The van der Waals surface area contributed by atoms with Gasteiger partial charge in [0, 0.05) is 0 Å². The second-order valence-electron chi connectivity index (χ2n) is 8.28. The number of carbonyl (C=O) groups is 2. The first kappa shape index (κ1) is 23.0. The fourth-order valence-corrected chi connectivity index (χ4v) is 5.79. The smallest absolute Gasteiger partial charge is 0.412 e. The normalized spacial score (nSPS) is 14.7. The number of nitrogens with one attached hydrogen (secondary N) is 1. The Morgan fingerprint density at radius 1 is 1.17 bits per heavy atom. The number of hydrogen-bond donors (Lipinski definition) is 2. The van der Waals surface area contributed by atoms with Crippen LogP contribution in [0.15, 0.2) is 28.8 Å². The third-order valence-corrected chi connectivity index (χ3v) is 7.98. The van der Waals surface area contributed by atoms with Gasteiger partial charge in [-0.3, -0.25) is 10.1 Å². The number of anilines is 1. The first-order valence-corrected chi connectivity index (χ1v) is 12.4. The number of benzene rings is 1. The Bertz CT molecular complexity index is 1490. The number of aryl methyl sites for hydroxylation is 2. The van der Waals surface area contributed by atoms with E-state index in [4.69, 9.17) is 9.26 Å². The lowest BCUT2D eigenvalue weighted by Gasteiger charge is -2.16. The molecule has 3 heterocycles. The maximum Gasteiger partial charge on any atom is 0.412 e. The fourth-order valence-electron chi connectivity index (χ4n) is 3.66. The van der Waals surface area contributed by atoms with Crippen LogP contribution >= 0.6 is 22.7 Å². The van der Waals surface area contributed by atoms with Crippen molar-refractivity contribution in [1.82, 2.24) is 15.1 Å². The first-order valence-electron chi connectivity index (χ1n) is 10.8. The Balaban J connectivity index is 1.30. The van der Waals surface area contributed by atoms with E-state index in [1.807, 2.05) is 31.2 Å². The van der Waals surface area contributed by atoms with Crippen molar-refractivity contribution < 1.29 is 24.0 Å².